The molecule has 1 aliphatic rings. The van der Waals surface area contributed by atoms with Gasteiger partial charge in [0.25, 0.3) is 6.43 Å². The summed E-state index contributed by atoms with van der Waals surface area (Å²) in [6, 6.07) is 2.88. The fourth-order valence-electron chi connectivity index (χ4n) is 2.85. The second kappa shape index (κ2) is 6.10. The maximum Gasteiger partial charge on any atom is 0.280 e. The molecule has 2 heterocycles. The van der Waals surface area contributed by atoms with Crippen LogP contribution in [0.4, 0.5) is 8.78 Å². The van der Waals surface area contributed by atoms with Gasteiger partial charge in [-0.1, -0.05) is 24.4 Å². The molecular weight excluding hydrogens is 296 g/mol. The molecule has 0 amide bonds. The van der Waals surface area contributed by atoms with E-state index in [1.54, 1.807) is 12.3 Å². The van der Waals surface area contributed by atoms with Gasteiger partial charge < -0.3 is 0 Å². The van der Waals surface area contributed by atoms with Crippen molar-refractivity contribution in [2.45, 2.75) is 38.7 Å². The third-order valence-corrected chi connectivity index (χ3v) is 4.25. The molecule has 0 aliphatic heterocycles. The summed E-state index contributed by atoms with van der Waals surface area (Å²) in [7, 11) is 0. The van der Waals surface area contributed by atoms with Crippen LogP contribution in [0, 0.1) is 5.92 Å². The summed E-state index contributed by atoms with van der Waals surface area (Å²) in [6.07, 6.45) is 6.10. The van der Waals surface area contributed by atoms with Crippen molar-refractivity contribution >= 4 is 11.6 Å². The van der Waals surface area contributed by atoms with Gasteiger partial charge in [0.15, 0.2) is 0 Å². The Hall–Kier alpha value is -1.49. The zero-order chi connectivity index (χ0) is 14.8. The molecular formula is C15H16ClF2N3. The number of rotatable bonds is 4. The Balaban J connectivity index is 1.79. The number of hydrogen-bond donors (Lipinski definition) is 0. The normalized spacial score (nSPS) is 16.0. The van der Waals surface area contributed by atoms with Crippen LogP contribution in [0.15, 0.2) is 24.5 Å². The quantitative estimate of drug-likeness (QED) is 0.764. The van der Waals surface area contributed by atoms with Crippen LogP contribution in [-0.4, -0.2) is 14.8 Å². The first kappa shape index (κ1) is 14.4. The molecule has 1 aliphatic carbocycles. The van der Waals surface area contributed by atoms with E-state index in [0.717, 1.165) is 12.1 Å². The number of halogens is 3. The number of hydrogen-bond acceptors (Lipinski definition) is 2. The average Bonchev–Trinajstić information content (AvgIpc) is 3.11. The summed E-state index contributed by atoms with van der Waals surface area (Å²) in [5.41, 5.74) is 1.15. The highest BCUT2D eigenvalue weighted by atomic mass is 35.5. The monoisotopic (exact) mass is 311 g/mol. The molecule has 1 fully saturated rings. The summed E-state index contributed by atoms with van der Waals surface area (Å²) in [4.78, 5) is 3.74. The average molecular weight is 312 g/mol. The lowest BCUT2D eigenvalue weighted by molar-refractivity contribution is 0.146. The largest absolute Gasteiger partial charge is 0.280 e. The highest BCUT2D eigenvalue weighted by Crippen LogP contribution is 2.30. The van der Waals surface area contributed by atoms with E-state index in [1.807, 2.05) is 10.9 Å². The van der Waals surface area contributed by atoms with Gasteiger partial charge in [-0.2, -0.15) is 5.10 Å². The van der Waals surface area contributed by atoms with E-state index in [-0.39, 0.29) is 10.8 Å². The van der Waals surface area contributed by atoms with E-state index in [2.05, 4.69) is 10.1 Å². The van der Waals surface area contributed by atoms with E-state index >= 15 is 0 Å². The molecule has 0 spiro atoms. The van der Waals surface area contributed by atoms with E-state index in [1.165, 1.54) is 31.7 Å². The lowest BCUT2D eigenvalue weighted by atomic mass is 10.1. The highest BCUT2D eigenvalue weighted by Gasteiger charge is 2.17. The summed E-state index contributed by atoms with van der Waals surface area (Å²) >= 11 is 6.01. The molecule has 1 saturated carbocycles. The molecule has 0 N–H and O–H groups in total. The van der Waals surface area contributed by atoms with Gasteiger partial charge in [-0.25, -0.2) is 13.8 Å². The lowest BCUT2D eigenvalue weighted by Gasteiger charge is -2.08. The number of nitrogens with zero attached hydrogens (tertiary/aromatic N) is 3. The molecule has 6 heteroatoms. The minimum atomic E-state index is -2.61. The Bertz CT molecular complexity index is 621. The molecule has 112 valence electrons. The topological polar surface area (TPSA) is 30.7 Å². The van der Waals surface area contributed by atoms with Crippen molar-refractivity contribution in [1.29, 1.82) is 0 Å². The molecule has 0 unspecified atom stereocenters. The number of aromatic nitrogens is 3. The Kier molecular flexibility index (Phi) is 4.19. The summed E-state index contributed by atoms with van der Waals surface area (Å²) < 4.78 is 27.1. The van der Waals surface area contributed by atoms with E-state index in [4.69, 9.17) is 11.6 Å². The fourth-order valence-corrected chi connectivity index (χ4v) is 3.11. The van der Waals surface area contributed by atoms with Gasteiger partial charge in [0.05, 0.1) is 6.20 Å². The maximum absolute atomic E-state index is 12.6. The maximum atomic E-state index is 12.6. The van der Waals surface area contributed by atoms with Crippen molar-refractivity contribution in [3.05, 3.63) is 35.4 Å². The standard InChI is InChI=1S/C15H16ClF2N3/c16-14-12(5-6-13(20-14)15(17)18)11-7-19-21(9-11)8-10-3-1-2-4-10/h5-7,9-10,15H,1-4,8H2. The van der Waals surface area contributed by atoms with Gasteiger partial charge in [-0.3, -0.25) is 4.68 Å². The van der Waals surface area contributed by atoms with Crippen molar-refractivity contribution in [1.82, 2.24) is 14.8 Å². The summed E-state index contributed by atoms with van der Waals surface area (Å²) in [6.45, 7) is 0.903. The van der Waals surface area contributed by atoms with Crippen molar-refractivity contribution in [2.24, 2.45) is 5.92 Å². The Morgan fingerprint density at radius 3 is 2.71 bits per heavy atom. The van der Waals surface area contributed by atoms with Crippen molar-refractivity contribution in [3.63, 3.8) is 0 Å². The molecule has 2 aromatic rings. The Morgan fingerprint density at radius 1 is 1.29 bits per heavy atom. The highest BCUT2D eigenvalue weighted by molar-refractivity contribution is 6.32. The van der Waals surface area contributed by atoms with Crippen LogP contribution in [0.5, 0.6) is 0 Å². The summed E-state index contributed by atoms with van der Waals surface area (Å²) in [5, 5.41) is 4.43. The molecule has 3 nitrogen and oxygen atoms in total. The third-order valence-electron chi connectivity index (χ3n) is 3.96. The first-order valence-corrected chi connectivity index (χ1v) is 7.48. The Morgan fingerprint density at radius 2 is 2.05 bits per heavy atom. The molecule has 0 bridgehead atoms. The van der Waals surface area contributed by atoms with Gasteiger partial charge in [-0.15, -0.1) is 0 Å². The van der Waals surface area contributed by atoms with E-state index in [0.29, 0.717) is 11.5 Å². The van der Waals surface area contributed by atoms with Gasteiger partial charge in [0.1, 0.15) is 10.8 Å². The van der Waals surface area contributed by atoms with Gasteiger partial charge in [-0.05, 0) is 30.9 Å². The molecule has 0 aromatic carbocycles. The fraction of sp³-hybridized carbons (Fsp3) is 0.467. The second-order valence-electron chi connectivity index (χ2n) is 5.48. The molecule has 21 heavy (non-hydrogen) atoms. The second-order valence-corrected chi connectivity index (χ2v) is 5.83. The van der Waals surface area contributed by atoms with Crippen molar-refractivity contribution < 1.29 is 8.78 Å². The van der Waals surface area contributed by atoms with E-state index in [9.17, 15) is 8.78 Å². The molecule has 0 radical (unpaired) electrons. The number of alkyl halides is 2. The predicted octanol–water partition coefficient (Wildman–Crippen LogP) is 4.73. The van der Waals surface area contributed by atoms with E-state index < -0.39 is 6.43 Å². The van der Waals surface area contributed by atoms with Gasteiger partial charge in [0, 0.05) is 23.9 Å². The minimum Gasteiger partial charge on any atom is -0.272 e. The SMILES string of the molecule is FC(F)c1ccc(-c2cnn(CC3CCCC3)c2)c(Cl)n1. The van der Waals surface area contributed by atoms with Crippen LogP contribution >= 0.6 is 11.6 Å². The van der Waals surface area contributed by atoms with Crippen molar-refractivity contribution in [2.75, 3.05) is 0 Å². The van der Waals surface area contributed by atoms with Crippen LogP contribution in [0.3, 0.4) is 0 Å². The lowest BCUT2D eigenvalue weighted by Crippen LogP contribution is -2.07. The van der Waals surface area contributed by atoms with Crippen LogP contribution in [0.25, 0.3) is 11.1 Å². The van der Waals surface area contributed by atoms with Gasteiger partial charge in [0.2, 0.25) is 0 Å². The molecule has 0 saturated heterocycles. The Labute approximate surface area is 126 Å². The zero-order valence-corrected chi connectivity index (χ0v) is 12.2. The molecule has 0 atom stereocenters. The predicted molar refractivity (Wildman–Crippen MR) is 77.4 cm³/mol. The zero-order valence-electron chi connectivity index (χ0n) is 11.5. The number of pyridine rings is 1. The van der Waals surface area contributed by atoms with Crippen LogP contribution in [-0.2, 0) is 6.54 Å². The third kappa shape index (κ3) is 3.23. The summed E-state index contributed by atoms with van der Waals surface area (Å²) in [5.74, 6) is 0.688. The first-order chi connectivity index (χ1) is 10.1. The van der Waals surface area contributed by atoms with Crippen LogP contribution < -0.4 is 0 Å². The smallest absolute Gasteiger partial charge is 0.272 e. The minimum absolute atomic E-state index is 0.0909. The first-order valence-electron chi connectivity index (χ1n) is 7.11. The molecule has 2 aromatic heterocycles. The van der Waals surface area contributed by atoms with Crippen molar-refractivity contribution in [3.8, 4) is 11.1 Å². The van der Waals surface area contributed by atoms with Crippen LogP contribution in [0.2, 0.25) is 5.15 Å². The van der Waals surface area contributed by atoms with Gasteiger partial charge >= 0.3 is 0 Å². The van der Waals surface area contributed by atoms with Crippen LogP contribution in [0.1, 0.15) is 37.8 Å². The molecule has 3 rings (SSSR count).